The second-order valence-electron chi connectivity index (χ2n) is 3.61. The molecule has 0 saturated heterocycles. The summed E-state index contributed by atoms with van der Waals surface area (Å²) in [6.07, 6.45) is -0.899. The fourth-order valence-electron chi connectivity index (χ4n) is 1.39. The van der Waals surface area contributed by atoms with E-state index >= 15 is 0 Å². The Labute approximate surface area is 116 Å². The third kappa shape index (κ3) is 2.88. The molecule has 18 heavy (non-hydrogen) atoms. The Bertz CT molecular complexity index is 556. The first-order valence-corrected chi connectivity index (χ1v) is 6.89. The Morgan fingerprint density at radius 2 is 2.33 bits per heavy atom. The molecule has 1 atom stereocenters. The molecule has 0 fully saturated rings. The predicted octanol–water partition coefficient (Wildman–Crippen LogP) is 3.42. The van der Waals surface area contributed by atoms with Crippen molar-refractivity contribution in [3.05, 3.63) is 33.6 Å². The number of benzene rings is 1. The van der Waals surface area contributed by atoms with Gasteiger partial charge in [0.2, 0.25) is 0 Å². The van der Waals surface area contributed by atoms with Crippen LogP contribution in [0.4, 0.5) is 0 Å². The highest BCUT2D eigenvalue weighted by Gasteiger charge is 2.16. The Balaban J connectivity index is 2.38. The van der Waals surface area contributed by atoms with E-state index in [0.717, 1.165) is 15.7 Å². The second-order valence-corrected chi connectivity index (χ2v) is 5.25. The van der Waals surface area contributed by atoms with Gasteiger partial charge in [-0.15, -0.1) is 11.3 Å². The van der Waals surface area contributed by atoms with Gasteiger partial charge in [0.1, 0.15) is 5.75 Å². The quantitative estimate of drug-likeness (QED) is 0.934. The predicted molar refractivity (Wildman–Crippen MR) is 73.0 cm³/mol. The largest absolute Gasteiger partial charge is 0.479 e. The van der Waals surface area contributed by atoms with E-state index in [-0.39, 0.29) is 0 Å². The van der Waals surface area contributed by atoms with Gasteiger partial charge in [0.15, 0.2) is 6.10 Å². The van der Waals surface area contributed by atoms with Gasteiger partial charge in [-0.05, 0) is 25.1 Å². The molecule has 0 aliphatic heterocycles. The molecule has 0 radical (unpaired) electrons. The van der Waals surface area contributed by atoms with Crippen LogP contribution in [0, 0.1) is 0 Å². The van der Waals surface area contributed by atoms with Crippen LogP contribution in [0.15, 0.2) is 33.6 Å². The fourth-order valence-corrected chi connectivity index (χ4v) is 2.30. The van der Waals surface area contributed by atoms with E-state index in [1.165, 1.54) is 18.3 Å². The number of thiazole rings is 1. The average Bonchev–Trinajstić information content (AvgIpc) is 2.84. The highest BCUT2D eigenvalue weighted by atomic mass is 79.9. The number of aromatic nitrogens is 1. The number of carbonyl (C=O) groups is 1. The van der Waals surface area contributed by atoms with Crippen LogP contribution in [-0.2, 0) is 4.79 Å². The van der Waals surface area contributed by atoms with Crippen molar-refractivity contribution in [2.75, 3.05) is 0 Å². The first kappa shape index (κ1) is 13.0. The van der Waals surface area contributed by atoms with Crippen LogP contribution < -0.4 is 4.74 Å². The van der Waals surface area contributed by atoms with E-state index in [1.807, 2.05) is 11.4 Å². The van der Waals surface area contributed by atoms with Crippen molar-refractivity contribution in [3.8, 4) is 17.0 Å². The summed E-state index contributed by atoms with van der Waals surface area (Å²) in [5, 5.41) is 10.8. The maximum atomic E-state index is 10.8. The van der Waals surface area contributed by atoms with Gasteiger partial charge < -0.3 is 9.84 Å². The number of nitrogens with zero attached hydrogens (tertiary/aromatic N) is 1. The summed E-state index contributed by atoms with van der Waals surface area (Å²) in [5.41, 5.74) is 3.27. The minimum Gasteiger partial charge on any atom is -0.479 e. The Hall–Kier alpha value is -1.40. The van der Waals surface area contributed by atoms with E-state index in [2.05, 4.69) is 20.9 Å². The van der Waals surface area contributed by atoms with Crippen molar-refractivity contribution in [2.24, 2.45) is 0 Å². The number of hydrogen-bond acceptors (Lipinski definition) is 4. The minimum absolute atomic E-state index is 0.513. The van der Waals surface area contributed by atoms with Gasteiger partial charge in [0.25, 0.3) is 0 Å². The number of carboxylic acids is 1. The van der Waals surface area contributed by atoms with Crippen LogP contribution >= 0.6 is 27.3 Å². The molecule has 1 aromatic carbocycles. The third-order valence-electron chi connectivity index (χ3n) is 2.30. The first-order valence-electron chi connectivity index (χ1n) is 5.15. The monoisotopic (exact) mass is 327 g/mol. The molecule has 6 heteroatoms. The number of rotatable bonds is 4. The van der Waals surface area contributed by atoms with Gasteiger partial charge >= 0.3 is 5.97 Å². The van der Waals surface area contributed by atoms with Gasteiger partial charge in [-0.1, -0.05) is 15.9 Å². The number of halogens is 1. The molecule has 0 unspecified atom stereocenters. The lowest BCUT2D eigenvalue weighted by molar-refractivity contribution is -0.144. The van der Waals surface area contributed by atoms with Gasteiger partial charge in [0, 0.05) is 15.4 Å². The summed E-state index contributed by atoms with van der Waals surface area (Å²) in [6, 6.07) is 5.40. The normalized spacial score (nSPS) is 12.1. The molecule has 0 spiro atoms. The van der Waals surface area contributed by atoms with Crippen LogP contribution in [-0.4, -0.2) is 22.2 Å². The highest BCUT2D eigenvalue weighted by molar-refractivity contribution is 9.10. The number of aliphatic carboxylic acids is 1. The lowest BCUT2D eigenvalue weighted by atomic mass is 10.1. The topological polar surface area (TPSA) is 59.4 Å². The fraction of sp³-hybridized carbons (Fsp3) is 0.167. The molecular formula is C12H10BrNO3S. The van der Waals surface area contributed by atoms with Crippen LogP contribution in [0.1, 0.15) is 6.92 Å². The number of hydrogen-bond donors (Lipinski definition) is 1. The van der Waals surface area contributed by atoms with Crippen LogP contribution in [0.5, 0.6) is 5.75 Å². The number of ether oxygens (including phenoxy) is 1. The lowest BCUT2D eigenvalue weighted by Crippen LogP contribution is -2.23. The summed E-state index contributed by atoms with van der Waals surface area (Å²) in [7, 11) is 0. The molecule has 0 amide bonds. The smallest absolute Gasteiger partial charge is 0.344 e. The van der Waals surface area contributed by atoms with Crippen LogP contribution in [0.2, 0.25) is 0 Å². The van der Waals surface area contributed by atoms with E-state index in [0.29, 0.717) is 5.75 Å². The molecule has 1 heterocycles. The number of carboxylic acid groups (broad SMARTS) is 1. The van der Waals surface area contributed by atoms with Gasteiger partial charge in [0.05, 0.1) is 11.2 Å². The molecule has 0 bridgehead atoms. The Kier molecular flexibility index (Phi) is 3.98. The molecule has 94 valence electrons. The van der Waals surface area contributed by atoms with Crippen molar-refractivity contribution in [3.63, 3.8) is 0 Å². The summed E-state index contributed by atoms with van der Waals surface area (Å²) in [4.78, 5) is 15.0. The van der Waals surface area contributed by atoms with E-state index in [9.17, 15) is 4.79 Å². The summed E-state index contributed by atoms with van der Waals surface area (Å²) in [5.74, 6) is -0.485. The molecule has 1 aromatic heterocycles. The second kappa shape index (κ2) is 5.49. The average molecular weight is 328 g/mol. The maximum absolute atomic E-state index is 10.8. The summed E-state index contributed by atoms with van der Waals surface area (Å²) >= 11 is 4.86. The maximum Gasteiger partial charge on any atom is 0.344 e. The van der Waals surface area contributed by atoms with E-state index in [4.69, 9.17) is 9.84 Å². The van der Waals surface area contributed by atoms with Crippen molar-refractivity contribution < 1.29 is 14.6 Å². The minimum atomic E-state index is -0.998. The van der Waals surface area contributed by atoms with E-state index in [1.54, 1.807) is 17.6 Å². The zero-order chi connectivity index (χ0) is 13.1. The Morgan fingerprint density at radius 1 is 1.56 bits per heavy atom. The van der Waals surface area contributed by atoms with E-state index < -0.39 is 12.1 Å². The molecular weight excluding hydrogens is 318 g/mol. The zero-order valence-electron chi connectivity index (χ0n) is 9.46. The van der Waals surface area contributed by atoms with Crippen molar-refractivity contribution in [2.45, 2.75) is 13.0 Å². The zero-order valence-corrected chi connectivity index (χ0v) is 11.9. The van der Waals surface area contributed by atoms with Gasteiger partial charge in [-0.2, -0.15) is 0 Å². The van der Waals surface area contributed by atoms with Crippen molar-refractivity contribution in [1.82, 2.24) is 4.98 Å². The SMILES string of the molecule is C[C@H](Oc1ccc(Br)cc1-c1cscn1)C(=O)O. The first-order chi connectivity index (χ1) is 8.58. The third-order valence-corrected chi connectivity index (χ3v) is 3.38. The van der Waals surface area contributed by atoms with Gasteiger partial charge in [-0.3, -0.25) is 0 Å². The Morgan fingerprint density at radius 3 is 2.94 bits per heavy atom. The standard InChI is InChI=1S/C12H10BrNO3S/c1-7(12(15)16)17-11-3-2-8(13)4-9(11)10-5-18-6-14-10/h2-7H,1H3,(H,15,16)/t7-/m0/s1. The van der Waals surface area contributed by atoms with Crippen molar-refractivity contribution >= 4 is 33.2 Å². The van der Waals surface area contributed by atoms with Crippen LogP contribution in [0.25, 0.3) is 11.3 Å². The molecule has 2 aromatic rings. The molecule has 4 nitrogen and oxygen atoms in total. The molecule has 0 aliphatic rings. The molecule has 0 saturated carbocycles. The molecule has 2 rings (SSSR count). The molecule has 1 N–H and O–H groups in total. The van der Waals surface area contributed by atoms with Gasteiger partial charge in [-0.25, -0.2) is 9.78 Å². The van der Waals surface area contributed by atoms with Crippen LogP contribution in [0.3, 0.4) is 0 Å². The lowest BCUT2D eigenvalue weighted by Gasteiger charge is -2.13. The van der Waals surface area contributed by atoms with Crippen molar-refractivity contribution in [1.29, 1.82) is 0 Å². The molecule has 0 aliphatic carbocycles. The highest BCUT2D eigenvalue weighted by Crippen LogP contribution is 2.33. The summed E-state index contributed by atoms with van der Waals surface area (Å²) in [6.45, 7) is 1.50. The summed E-state index contributed by atoms with van der Waals surface area (Å²) < 4.78 is 6.32.